The van der Waals surface area contributed by atoms with Gasteiger partial charge in [0, 0.05) is 17.7 Å². The molecule has 2 aromatic carbocycles. The lowest BCUT2D eigenvalue weighted by Crippen LogP contribution is -2.26. The lowest BCUT2D eigenvalue weighted by molar-refractivity contribution is -0.0212. The van der Waals surface area contributed by atoms with Gasteiger partial charge in [0.1, 0.15) is 11.6 Å². The monoisotopic (exact) mass is 460 g/mol. The van der Waals surface area contributed by atoms with Gasteiger partial charge in [0.25, 0.3) is 0 Å². The zero-order valence-corrected chi connectivity index (χ0v) is 19.2. The summed E-state index contributed by atoms with van der Waals surface area (Å²) >= 11 is 0. The fourth-order valence-corrected chi connectivity index (χ4v) is 5.22. The summed E-state index contributed by atoms with van der Waals surface area (Å²) in [6.07, 6.45) is 3.71. The topological polar surface area (TPSA) is 9.23 Å². The average Bonchev–Trinajstić information content (AvgIpc) is 2.82. The first-order valence-corrected chi connectivity index (χ1v) is 12.1. The third-order valence-corrected chi connectivity index (χ3v) is 7.12. The zero-order valence-electron chi connectivity index (χ0n) is 19.2. The molecule has 0 aromatic heterocycles. The fourth-order valence-electron chi connectivity index (χ4n) is 5.22. The second kappa shape index (κ2) is 10.4. The van der Waals surface area contributed by atoms with Crippen LogP contribution < -0.4 is 0 Å². The lowest BCUT2D eigenvalue weighted by atomic mass is 9.80. The average molecular weight is 461 g/mol. The van der Waals surface area contributed by atoms with E-state index in [1.807, 2.05) is 13.0 Å². The molecule has 1 fully saturated rings. The van der Waals surface area contributed by atoms with Crippen LogP contribution in [0.4, 0.5) is 17.6 Å². The van der Waals surface area contributed by atoms with Crippen molar-refractivity contribution in [2.24, 2.45) is 5.92 Å². The smallest absolute Gasteiger partial charge is 0.164 e. The standard InChI is InChI=1S/C28H32F4O/c1-3-5-7-17-8-12-20(33-16-17)13-9-19-11-15-22-21-14-10-18(6-4-2)25(29)23(21)27(31)28(32)24(22)26(19)30/h3,10-11,14-15,17,20,27-28H,1,4-9,12-13,16H2,2H3. The van der Waals surface area contributed by atoms with Crippen molar-refractivity contribution in [3.05, 3.63) is 70.8 Å². The van der Waals surface area contributed by atoms with Gasteiger partial charge < -0.3 is 4.74 Å². The molecule has 1 nitrogen and oxygen atoms in total. The predicted molar refractivity (Wildman–Crippen MR) is 124 cm³/mol. The molecule has 4 atom stereocenters. The van der Waals surface area contributed by atoms with Crippen molar-refractivity contribution in [2.75, 3.05) is 6.61 Å². The van der Waals surface area contributed by atoms with E-state index in [0.717, 1.165) is 25.7 Å². The van der Waals surface area contributed by atoms with Crippen molar-refractivity contribution in [3.63, 3.8) is 0 Å². The first-order valence-electron chi connectivity index (χ1n) is 12.1. The van der Waals surface area contributed by atoms with Gasteiger partial charge in [-0.05, 0) is 73.1 Å². The van der Waals surface area contributed by atoms with Gasteiger partial charge in [-0.3, -0.25) is 0 Å². The fraction of sp³-hybridized carbons (Fsp3) is 0.500. The Labute approximate surface area is 193 Å². The molecule has 2 aromatic rings. The maximum Gasteiger partial charge on any atom is 0.164 e. The Bertz CT molecular complexity index is 994. The van der Waals surface area contributed by atoms with E-state index in [9.17, 15) is 4.39 Å². The molecule has 1 aliphatic carbocycles. The Morgan fingerprint density at radius 1 is 0.909 bits per heavy atom. The number of allylic oxidation sites excluding steroid dienone is 1. The largest absolute Gasteiger partial charge is 0.378 e. The highest BCUT2D eigenvalue weighted by Gasteiger charge is 2.39. The highest BCUT2D eigenvalue weighted by Crippen LogP contribution is 2.51. The number of aryl methyl sites for hydroxylation is 2. The maximum atomic E-state index is 15.4. The number of benzene rings is 2. The van der Waals surface area contributed by atoms with Crippen LogP contribution in [0.1, 0.15) is 80.0 Å². The Morgan fingerprint density at radius 2 is 1.52 bits per heavy atom. The molecule has 0 saturated carbocycles. The highest BCUT2D eigenvalue weighted by molar-refractivity contribution is 5.76. The Hall–Kier alpha value is -2.14. The van der Waals surface area contributed by atoms with E-state index in [-0.39, 0.29) is 28.4 Å². The number of rotatable bonds is 8. The van der Waals surface area contributed by atoms with Crippen LogP contribution in [-0.2, 0) is 17.6 Å². The molecule has 1 heterocycles. The highest BCUT2D eigenvalue weighted by atomic mass is 19.2. The molecule has 178 valence electrons. The third kappa shape index (κ3) is 4.75. The van der Waals surface area contributed by atoms with E-state index in [1.54, 1.807) is 24.3 Å². The number of fused-ring (bicyclic) bond motifs is 3. The summed E-state index contributed by atoms with van der Waals surface area (Å²) in [6.45, 7) is 6.35. The number of hydrogen-bond donors (Lipinski definition) is 0. The van der Waals surface area contributed by atoms with Crippen LogP contribution in [0.5, 0.6) is 0 Å². The normalized spacial score (nSPS) is 24.3. The minimum atomic E-state index is -2.23. The van der Waals surface area contributed by atoms with Gasteiger partial charge in [0.05, 0.1) is 6.10 Å². The molecule has 4 rings (SSSR count). The molecule has 1 saturated heterocycles. The van der Waals surface area contributed by atoms with Crippen molar-refractivity contribution in [3.8, 4) is 11.1 Å². The van der Waals surface area contributed by atoms with Gasteiger partial charge >= 0.3 is 0 Å². The molecule has 0 N–H and O–H groups in total. The van der Waals surface area contributed by atoms with Crippen molar-refractivity contribution in [1.29, 1.82) is 0 Å². The van der Waals surface area contributed by atoms with Crippen molar-refractivity contribution in [2.45, 2.75) is 76.7 Å². The summed E-state index contributed by atoms with van der Waals surface area (Å²) in [7, 11) is 0. The predicted octanol–water partition coefficient (Wildman–Crippen LogP) is 8.31. The van der Waals surface area contributed by atoms with Gasteiger partial charge in [-0.25, -0.2) is 17.6 Å². The second-order valence-electron chi connectivity index (χ2n) is 9.36. The number of halogens is 4. The van der Waals surface area contributed by atoms with Crippen LogP contribution in [0.2, 0.25) is 0 Å². The Kier molecular flexibility index (Phi) is 7.58. The molecule has 0 bridgehead atoms. The molecule has 2 aliphatic rings. The quantitative estimate of drug-likeness (QED) is 0.284. The SMILES string of the molecule is C=CCCC1CCC(CCc2ccc3c(c2F)C(F)C(F)c2c-3ccc(CCC)c2F)OC1. The van der Waals surface area contributed by atoms with Gasteiger partial charge in [0.2, 0.25) is 0 Å². The molecule has 0 spiro atoms. The molecule has 33 heavy (non-hydrogen) atoms. The molecule has 0 radical (unpaired) electrons. The van der Waals surface area contributed by atoms with Crippen LogP contribution in [0.15, 0.2) is 36.9 Å². The van der Waals surface area contributed by atoms with E-state index in [1.165, 1.54) is 0 Å². The van der Waals surface area contributed by atoms with Gasteiger partial charge in [-0.2, -0.15) is 0 Å². The third-order valence-electron chi connectivity index (χ3n) is 7.12. The first-order chi connectivity index (χ1) is 16.0. The Balaban J connectivity index is 1.53. The van der Waals surface area contributed by atoms with Gasteiger partial charge in [0.15, 0.2) is 12.3 Å². The van der Waals surface area contributed by atoms with E-state index >= 15 is 13.2 Å². The second-order valence-corrected chi connectivity index (χ2v) is 9.36. The van der Waals surface area contributed by atoms with Crippen molar-refractivity contribution >= 4 is 0 Å². The van der Waals surface area contributed by atoms with Crippen molar-refractivity contribution < 1.29 is 22.3 Å². The summed E-state index contributed by atoms with van der Waals surface area (Å²) in [5.41, 5.74) is 0.640. The molecule has 0 amide bonds. The molecule has 4 unspecified atom stereocenters. The summed E-state index contributed by atoms with van der Waals surface area (Å²) in [6, 6.07) is 6.42. The zero-order chi connectivity index (χ0) is 23.5. The van der Waals surface area contributed by atoms with E-state index in [4.69, 9.17) is 4.74 Å². The van der Waals surface area contributed by atoms with Crippen molar-refractivity contribution in [1.82, 2.24) is 0 Å². The summed E-state index contributed by atoms with van der Waals surface area (Å²) in [5.74, 6) is -0.890. The van der Waals surface area contributed by atoms with Crippen LogP contribution in [0.25, 0.3) is 11.1 Å². The molecular formula is C28H32F4O. The summed E-state index contributed by atoms with van der Waals surface area (Å²) in [5, 5.41) is 0. The van der Waals surface area contributed by atoms with E-state index in [0.29, 0.717) is 49.3 Å². The van der Waals surface area contributed by atoms with Crippen LogP contribution >= 0.6 is 0 Å². The van der Waals surface area contributed by atoms with E-state index in [2.05, 4.69) is 6.58 Å². The molecule has 1 aliphatic heterocycles. The molecule has 5 heteroatoms. The van der Waals surface area contributed by atoms with Crippen LogP contribution in [0.3, 0.4) is 0 Å². The molecular weight excluding hydrogens is 428 g/mol. The number of hydrogen-bond acceptors (Lipinski definition) is 1. The number of ether oxygens (including phenoxy) is 1. The minimum Gasteiger partial charge on any atom is -0.378 e. The summed E-state index contributed by atoms with van der Waals surface area (Å²) in [4.78, 5) is 0. The Morgan fingerprint density at radius 3 is 2.03 bits per heavy atom. The first kappa shape index (κ1) is 24.0. The minimum absolute atomic E-state index is 0.0438. The van der Waals surface area contributed by atoms with Gasteiger partial charge in [-0.15, -0.1) is 6.58 Å². The van der Waals surface area contributed by atoms with Gasteiger partial charge in [-0.1, -0.05) is 43.7 Å². The number of alkyl halides is 2. The van der Waals surface area contributed by atoms with Crippen LogP contribution in [-0.4, -0.2) is 12.7 Å². The van der Waals surface area contributed by atoms with Crippen LogP contribution in [0, 0.1) is 17.6 Å². The summed E-state index contributed by atoms with van der Waals surface area (Å²) < 4.78 is 66.4. The van der Waals surface area contributed by atoms with E-state index < -0.39 is 24.0 Å². The lowest BCUT2D eigenvalue weighted by Gasteiger charge is -2.30. The maximum absolute atomic E-state index is 15.4.